The van der Waals surface area contributed by atoms with E-state index in [0.717, 1.165) is 16.5 Å². The molecule has 0 aliphatic rings. The zero-order valence-corrected chi connectivity index (χ0v) is 19.5. The number of rotatable bonds is 10. The highest BCUT2D eigenvalue weighted by atomic mass is 16.2. The molecular weight excluding hydrogens is 392 g/mol. The third-order valence-electron chi connectivity index (χ3n) is 5.44. The van der Waals surface area contributed by atoms with E-state index in [1.807, 2.05) is 65.1 Å². The summed E-state index contributed by atoms with van der Waals surface area (Å²) in [6.07, 6.45) is 2.58. The molecule has 0 unspecified atom stereocenters. The maximum Gasteiger partial charge on any atom is 0.240 e. The number of aromatic amines is 1. The number of carbonyl (C=O) groups is 3. The average molecular weight is 429 g/mol. The fraction of sp³-hybridized carbons (Fsp3) is 0.542. The van der Waals surface area contributed by atoms with Gasteiger partial charge in [-0.05, 0) is 38.8 Å². The van der Waals surface area contributed by atoms with Crippen LogP contribution >= 0.6 is 0 Å². The molecule has 2 rings (SSSR count). The molecule has 0 aliphatic heterocycles. The van der Waals surface area contributed by atoms with Gasteiger partial charge in [0.05, 0.1) is 11.6 Å². The molecular formula is C24H36N4O3. The first-order chi connectivity index (χ1) is 14.3. The number of nitrogens with one attached hydrogen (secondary N) is 3. The van der Waals surface area contributed by atoms with E-state index in [1.165, 1.54) is 0 Å². The van der Waals surface area contributed by atoms with Gasteiger partial charge in [-0.3, -0.25) is 14.4 Å². The number of carbonyl (C=O) groups excluding carboxylic acids is 3. The normalized spacial score (nSPS) is 14.9. The molecule has 0 bridgehead atoms. The van der Waals surface area contributed by atoms with E-state index >= 15 is 0 Å². The lowest BCUT2D eigenvalue weighted by Crippen LogP contribution is -2.60. The van der Waals surface area contributed by atoms with E-state index in [-0.39, 0.29) is 30.6 Å². The first-order valence-corrected chi connectivity index (χ1v) is 10.8. The summed E-state index contributed by atoms with van der Waals surface area (Å²) in [6.45, 7) is 11.2. The number of primary amides is 1. The maximum atomic E-state index is 13.4. The number of nitrogens with two attached hydrogens (primary N) is 1. The van der Waals surface area contributed by atoms with Crippen molar-refractivity contribution in [3.05, 3.63) is 36.0 Å². The molecule has 170 valence electrons. The van der Waals surface area contributed by atoms with Crippen LogP contribution in [0, 0.1) is 5.41 Å². The smallest absolute Gasteiger partial charge is 0.240 e. The van der Waals surface area contributed by atoms with E-state index in [4.69, 9.17) is 5.73 Å². The van der Waals surface area contributed by atoms with Crippen molar-refractivity contribution < 1.29 is 14.4 Å². The highest BCUT2D eigenvalue weighted by molar-refractivity contribution is 5.96. The van der Waals surface area contributed by atoms with Crippen molar-refractivity contribution in [2.75, 3.05) is 0 Å². The van der Waals surface area contributed by atoms with Gasteiger partial charge in [0, 0.05) is 41.4 Å². The molecule has 7 heteroatoms. The molecule has 1 heterocycles. The van der Waals surface area contributed by atoms with Crippen LogP contribution in [0.15, 0.2) is 30.5 Å². The number of aromatic nitrogens is 1. The van der Waals surface area contributed by atoms with Gasteiger partial charge in [-0.1, -0.05) is 39.0 Å². The summed E-state index contributed by atoms with van der Waals surface area (Å²) < 4.78 is 0. The minimum Gasteiger partial charge on any atom is -0.370 e. The number of amides is 2. The minimum atomic E-state index is -1.03. The fourth-order valence-corrected chi connectivity index (χ4v) is 3.83. The van der Waals surface area contributed by atoms with Crippen LogP contribution in [0.25, 0.3) is 10.9 Å². The van der Waals surface area contributed by atoms with Crippen molar-refractivity contribution in [1.82, 2.24) is 15.6 Å². The first kappa shape index (κ1) is 24.6. The number of para-hydroxylation sites is 1. The van der Waals surface area contributed by atoms with E-state index in [9.17, 15) is 14.4 Å². The number of ketones is 1. The summed E-state index contributed by atoms with van der Waals surface area (Å²) in [6, 6.07) is 7.18. The van der Waals surface area contributed by atoms with Crippen molar-refractivity contribution in [3.8, 4) is 0 Å². The Morgan fingerprint density at radius 2 is 1.74 bits per heavy atom. The van der Waals surface area contributed by atoms with Crippen LogP contribution in [0.3, 0.4) is 0 Å². The van der Waals surface area contributed by atoms with Crippen molar-refractivity contribution in [2.24, 2.45) is 11.1 Å². The molecule has 1 aromatic carbocycles. The molecule has 7 nitrogen and oxygen atoms in total. The van der Waals surface area contributed by atoms with Crippen molar-refractivity contribution in [3.63, 3.8) is 0 Å². The topological polar surface area (TPSA) is 117 Å². The second-order valence-corrected chi connectivity index (χ2v) is 9.80. The van der Waals surface area contributed by atoms with Crippen LogP contribution in [-0.2, 0) is 20.8 Å². The van der Waals surface area contributed by atoms with Crippen LogP contribution < -0.4 is 16.4 Å². The van der Waals surface area contributed by atoms with Gasteiger partial charge >= 0.3 is 0 Å². The van der Waals surface area contributed by atoms with Crippen LogP contribution in [-0.4, -0.2) is 40.2 Å². The number of Topliss-reactive ketones (excluding diaryl/α,β-unsaturated/α-hetero) is 1. The number of hydrogen-bond acceptors (Lipinski definition) is 4. The van der Waals surface area contributed by atoms with Crippen molar-refractivity contribution in [1.29, 1.82) is 0 Å². The van der Waals surface area contributed by atoms with Gasteiger partial charge in [0.2, 0.25) is 11.8 Å². The Morgan fingerprint density at radius 3 is 2.32 bits per heavy atom. The molecule has 0 saturated heterocycles. The predicted octanol–water partition coefficient (Wildman–Crippen LogP) is 2.83. The van der Waals surface area contributed by atoms with Crippen LogP contribution in [0.1, 0.15) is 59.9 Å². The highest BCUT2D eigenvalue weighted by Crippen LogP contribution is 2.24. The summed E-state index contributed by atoms with van der Waals surface area (Å²) in [5, 5.41) is 7.25. The number of hydrogen-bond donors (Lipinski definition) is 4. The van der Waals surface area contributed by atoms with E-state index in [1.54, 1.807) is 6.92 Å². The van der Waals surface area contributed by atoms with Gasteiger partial charge in [-0.15, -0.1) is 0 Å². The van der Waals surface area contributed by atoms with E-state index < -0.39 is 22.9 Å². The maximum absolute atomic E-state index is 13.4. The highest BCUT2D eigenvalue weighted by Gasteiger charge is 2.38. The lowest BCUT2D eigenvalue weighted by atomic mass is 9.83. The Kier molecular flexibility index (Phi) is 7.65. The lowest BCUT2D eigenvalue weighted by molar-refractivity contribution is -0.135. The van der Waals surface area contributed by atoms with Crippen molar-refractivity contribution in [2.45, 2.75) is 78.4 Å². The Labute approximate surface area is 184 Å². The molecule has 0 radical (unpaired) electrons. The average Bonchev–Trinajstić information content (AvgIpc) is 3.07. The summed E-state index contributed by atoms with van der Waals surface area (Å²) in [4.78, 5) is 41.2. The molecule has 0 fully saturated rings. The van der Waals surface area contributed by atoms with Gasteiger partial charge in [0.25, 0.3) is 0 Å². The molecule has 31 heavy (non-hydrogen) atoms. The number of H-pyrrole nitrogens is 1. The largest absolute Gasteiger partial charge is 0.370 e. The Hall–Kier alpha value is -2.67. The summed E-state index contributed by atoms with van der Waals surface area (Å²) in [5.74, 6) is -0.830. The zero-order valence-electron chi connectivity index (χ0n) is 19.5. The number of benzene rings is 1. The molecule has 1 aromatic heterocycles. The third kappa shape index (κ3) is 6.40. The molecule has 0 spiro atoms. The van der Waals surface area contributed by atoms with Crippen molar-refractivity contribution >= 4 is 28.5 Å². The summed E-state index contributed by atoms with van der Waals surface area (Å²) in [5.41, 5.74) is 5.62. The summed E-state index contributed by atoms with van der Waals surface area (Å²) >= 11 is 0. The third-order valence-corrected chi connectivity index (χ3v) is 5.44. The quantitative estimate of drug-likeness (QED) is 0.465. The predicted molar refractivity (Wildman–Crippen MR) is 124 cm³/mol. The van der Waals surface area contributed by atoms with Gasteiger partial charge in [-0.25, -0.2) is 0 Å². The lowest BCUT2D eigenvalue weighted by Gasteiger charge is -2.34. The molecule has 0 saturated carbocycles. The summed E-state index contributed by atoms with van der Waals surface area (Å²) in [7, 11) is 0. The second kappa shape index (κ2) is 9.64. The van der Waals surface area contributed by atoms with Gasteiger partial charge in [0.15, 0.2) is 5.78 Å². The van der Waals surface area contributed by atoms with E-state index in [0.29, 0.717) is 6.42 Å². The second-order valence-electron chi connectivity index (χ2n) is 9.80. The minimum absolute atomic E-state index is 0.00834. The Balaban J connectivity index is 2.33. The van der Waals surface area contributed by atoms with E-state index in [2.05, 4.69) is 15.6 Å². The standard InChI is InChI=1S/C24H36N4O3/c1-15(2)28-24(6,12-11-20(25)29)22(31)27-19(21(30)23(3,4)5)13-16-14-26-18-10-8-7-9-17(16)18/h7-10,14-15,19,26,28H,11-13H2,1-6H3,(H2,25,29)(H,27,31)/t19-,24-/m0/s1. The van der Waals surface area contributed by atoms with Crippen LogP contribution in [0.5, 0.6) is 0 Å². The molecule has 2 atom stereocenters. The zero-order chi connectivity index (χ0) is 23.4. The van der Waals surface area contributed by atoms with Gasteiger partial charge in [-0.2, -0.15) is 0 Å². The number of fused-ring (bicyclic) bond motifs is 1. The molecule has 0 aliphatic carbocycles. The first-order valence-electron chi connectivity index (χ1n) is 10.8. The van der Waals surface area contributed by atoms with Gasteiger partial charge in [0.1, 0.15) is 0 Å². The molecule has 2 amide bonds. The van der Waals surface area contributed by atoms with Crippen LogP contribution in [0.4, 0.5) is 0 Å². The van der Waals surface area contributed by atoms with Gasteiger partial charge < -0.3 is 21.4 Å². The monoisotopic (exact) mass is 428 g/mol. The Bertz CT molecular complexity index is 942. The SMILES string of the molecule is CC(C)N[C@@](C)(CCC(N)=O)C(=O)N[C@@H](Cc1c[nH]c2ccccc12)C(=O)C(C)(C)C. The Morgan fingerprint density at radius 1 is 1.10 bits per heavy atom. The van der Waals surface area contributed by atoms with Crippen LogP contribution in [0.2, 0.25) is 0 Å². The molecule has 5 N–H and O–H groups in total. The fourth-order valence-electron chi connectivity index (χ4n) is 3.83. The molecule has 2 aromatic rings.